The second-order valence-corrected chi connectivity index (χ2v) is 9.28. The Hall–Kier alpha value is -3.97. The number of hydrogen-bond acceptors (Lipinski definition) is 5. The summed E-state index contributed by atoms with van der Waals surface area (Å²) >= 11 is 0. The number of alkyl halides is 3. The third-order valence-corrected chi connectivity index (χ3v) is 5.61. The van der Waals surface area contributed by atoms with E-state index < -0.39 is 65.7 Å². The highest BCUT2D eigenvalue weighted by molar-refractivity contribution is 6.02. The predicted molar refractivity (Wildman–Crippen MR) is 130 cm³/mol. The van der Waals surface area contributed by atoms with Gasteiger partial charge in [0.05, 0.1) is 11.6 Å². The Morgan fingerprint density at radius 3 is 2.21 bits per heavy atom. The highest BCUT2D eigenvalue weighted by Crippen LogP contribution is 2.27. The molecule has 1 aromatic carbocycles. The molecular weight excluding hydrogens is 512 g/mol. The van der Waals surface area contributed by atoms with Crippen LogP contribution in [-0.2, 0) is 9.59 Å². The van der Waals surface area contributed by atoms with Crippen LogP contribution in [0.25, 0.3) is 0 Å². The first-order valence-electron chi connectivity index (χ1n) is 11.7. The van der Waals surface area contributed by atoms with Gasteiger partial charge in [0.25, 0.3) is 5.91 Å². The SMILES string of the molecule is CC(C(=O)NCC(F)(F)F)c1cc(F)c(NC(=O)C(NC(=O)c2ccnn2C(C)C)C(C)C)cc1C(N)=O. The van der Waals surface area contributed by atoms with E-state index in [4.69, 9.17) is 5.73 Å². The number of carbonyl (C=O) groups excluding carboxylic acids is 4. The zero-order valence-electron chi connectivity index (χ0n) is 21.4. The van der Waals surface area contributed by atoms with Crippen molar-refractivity contribution in [3.05, 3.63) is 47.0 Å². The summed E-state index contributed by atoms with van der Waals surface area (Å²) in [6.07, 6.45) is -3.23. The van der Waals surface area contributed by atoms with Crippen LogP contribution in [0.5, 0.6) is 0 Å². The van der Waals surface area contributed by atoms with E-state index in [-0.39, 0.29) is 22.9 Å². The fourth-order valence-corrected chi connectivity index (χ4v) is 3.60. The second-order valence-electron chi connectivity index (χ2n) is 9.28. The van der Waals surface area contributed by atoms with E-state index >= 15 is 0 Å². The number of rotatable bonds is 10. The van der Waals surface area contributed by atoms with E-state index in [2.05, 4.69) is 15.7 Å². The van der Waals surface area contributed by atoms with E-state index in [0.717, 1.165) is 12.1 Å². The monoisotopic (exact) mass is 542 g/mol. The maximum Gasteiger partial charge on any atom is 0.405 e. The van der Waals surface area contributed by atoms with Crippen LogP contribution in [0.4, 0.5) is 23.2 Å². The van der Waals surface area contributed by atoms with Gasteiger partial charge < -0.3 is 21.7 Å². The first kappa shape index (κ1) is 30.3. The number of aromatic nitrogens is 2. The van der Waals surface area contributed by atoms with Gasteiger partial charge in [-0.2, -0.15) is 18.3 Å². The summed E-state index contributed by atoms with van der Waals surface area (Å²) in [4.78, 5) is 50.0. The highest BCUT2D eigenvalue weighted by atomic mass is 19.4. The molecule has 0 fully saturated rings. The molecule has 0 spiro atoms. The maximum absolute atomic E-state index is 15.0. The first-order valence-corrected chi connectivity index (χ1v) is 11.7. The van der Waals surface area contributed by atoms with Crippen LogP contribution >= 0.6 is 0 Å². The maximum atomic E-state index is 15.0. The van der Waals surface area contributed by atoms with Crippen molar-refractivity contribution in [1.82, 2.24) is 20.4 Å². The third kappa shape index (κ3) is 7.52. The van der Waals surface area contributed by atoms with Crippen LogP contribution in [-0.4, -0.2) is 52.2 Å². The van der Waals surface area contributed by atoms with Crippen molar-refractivity contribution in [2.75, 3.05) is 11.9 Å². The van der Waals surface area contributed by atoms with Gasteiger partial charge in [-0.05, 0) is 50.5 Å². The van der Waals surface area contributed by atoms with Gasteiger partial charge in [0, 0.05) is 17.8 Å². The summed E-state index contributed by atoms with van der Waals surface area (Å²) in [5.74, 6) is -6.47. The van der Waals surface area contributed by atoms with Crippen LogP contribution in [0.3, 0.4) is 0 Å². The van der Waals surface area contributed by atoms with Gasteiger partial charge in [-0.1, -0.05) is 13.8 Å². The lowest BCUT2D eigenvalue weighted by Gasteiger charge is -2.23. The van der Waals surface area contributed by atoms with E-state index in [1.54, 1.807) is 19.2 Å². The number of halogens is 4. The van der Waals surface area contributed by atoms with Crippen molar-refractivity contribution in [3.63, 3.8) is 0 Å². The van der Waals surface area contributed by atoms with E-state index in [0.29, 0.717) is 0 Å². The van der Waals surface area contributed by atoms with Crippen molar-refractivity contribution in [2.45, 2.75) is 58.8 Å². The normalized spacial score (nSPS) is 13.2. The standard InChI is InChI=1S/C24H30F4N6O4/c1-11(2)19(33-22(37)18-6-7-31-34(18)12(3)4)23(38)32-17-9-15(20(29)35)14(8-16(17)25)13(5)21(36)30-10-24(26,27)28/h6-9,11-13,19H,10H2,1-5H3,(H2,29,35)(H,30,36)(H,32,38)(H,33,37). The molecule has 2 atom stereocenters. The molecular formula is C24H30F4N6O4. The number of primary amides is 1. The molecule has 0 saturated heterocycles. The number of carbonyl (C=O) groups is 4. The smallest absolute Gasteiger partial charge is 0.366 e. The van der Waals surface area contributed by atoms with Gasteiger partial charge in [0.1, 0.15) is 24.1 Å². The summed E-state index contributed by atoms with van der Waals surface area (Å²) in [7, 11) is 0. The van der Waals surface area contributed by atoms with E-state index in [9.17, 15) is 36.7 Å². The Labute approximate surface area is 216 Å². The van der Waals surface area contributed by atoms with Crippen LogP contribution < -0.4 is 21.7 Å². The molecule has 10 nitrogen and oxygen atoms in total. The Bertz CT molecular complexity index is 1210. The topological polar surface area (TPSA) is 148 Å². The highest BCUT2D eigenvalue weighted by Gasteiger charge is 2.31. The number of nitrogens with two attached hydrogens (primary N) is 1. The molecule has 0 saturated carbocycles. The fourth-order valence-electron chi connectivity index (χ4n) is 3.60. The van der Waals surface area contributed by atoms with E-state index in [1.165, 1.54) is 23.9 Å². The fraction of sp³-hybridized carbons (Fsp3) is 0.458. The molecule has 2 aromatic rings. The van der Waals surface area contributed by atoms with Crippen LogP contribution in [0, 0.1) is 11.7 Å². The summed E-state index contributed by atoms with van der Waals surface area (Å²) < 4.78 is 53.8. The Morgan fingerprint density at radius 2 is 1.68 bits per heavy atom. The second kappa shape index (κ2) is 12.0. The third-order valence-electron chi connectivity index (χ3n) is 5.61. The van der Waals surface area contributed by atoms with Crippen molar-refractivity contribution in [1.29, 1.82) is 0 Å². The molecule has 0 aliphatic heterocycles. The lowest BCUT2D eigenvalue weighted by atomic mass is 9.93. The summed E-state index contributed by atoms with van der Waals surface area (Å²) in [6, 6.07) is 1.87. The molecule has 2 unspecified atom stereocenters. The lowest BCUT2D eigenvalue weighted by molar-refractivity contribution is -0.139. The van der Waals surface area contributed by atoms with Crippen molar-refractivity contribution in [3.8, 4) is 0 Å². The van der Waals surface area contributed by atoms with Crippen LogP contribution in [0.15, 0.2) is 24.4 Å². The lowest BCUT2D eigenvalue weighted by Crippen LogP contribution is -2.47. The van der Waals surface area contributed by atoms with E-state index in [1.807, 2.05) is 13.8 Å². The average molecular weight is 543 g/mol. The number of nitrogens with one attached hydrogen (secondary N) is 3. The minimum Gasteiger partial charge on any atom is -0.366 e. The number of nitrogens with zero attached hydrogens (tertiary/aromatic N) is 2. The Kier molecular flexibility index (Phi) is 9.59. The van der Waals surface area contributed by atoms with Crippen molar-refractivity contribution in [2.24, 2.45) is 11.7 Å². The number of benzene rings is 1. The molecule has 1 heterocycles. The molecule has 38 heavy (non-hydrogen) atoms. The summed E-state index contributed by atoms with van der Waals surface area (Å²) in [5.41, 5.74) is 4.47. The average Bonchev–Trinajstić information content (AvgIpc) is 3.31. The molecule has 0 bridgehead atoms. The quantitative estimate of drug-likeness (QED) is 0.341. The van der Waals surface area contributed by atoms with Gasteiger partial charge >= 0.3 is 6.18 Å². The molecule has 4 amide bonds. The zero-order chi connectivity index (χ0) is 28.9. The first-order chi connectivity index (χ1) is 17.5. The summed E-state index contributed by atoms with van der Waals surface area (Å²) in [6.45, 7) is 6.51. The van der Waals surface area contributed by atoms with Crippen molar-refractivity contribution < 1.29 is 36.7 Å². The van der Waals surface area contributed by atoms with Crippen LogP contribution in [0.1, 0.15) is 73.0 Å². The molecule has 0 radical (unpaired) electrons. The molecule has 5 N–H and O–H groups in total. The van der Waals surface area contributed by atoms with Crippen molar-refractivity contribution >= 4 is 29.3 Å². The number of anilines is 1. The van der Waals surface area contributed by atoms with Gasteiger partial charge in [0.2, 0.25) is 17.7 Å². The largest absolute Gasteiger partial charge is 0.405 e. The van der Waals surface area contributed by atoms with Gasteiger partial charge in [-0.15, -0.1) is 0 Å². The summed E-state index contributed by atoms with van der Waals surface area (Å²) in [5, 5.41) is 10.6. The zero-order valence-corrected chi connectivity index (χ0v) is 21.4. The molecule has 14 heteroatoms. The number of amides is 4. The van der Waals surface area contributed by atoms with Gasteiger partial charge in [-0.25, -0.2) is 4.39 Å². The number of hydrogen-bond donors (Lipinski definition) is 4. The van der Waals surface area contributed by atoms with Gasteiger partial charge in [0.15, 0.2) is 0 Å². The van der Waals surface area contributed by atoms with Gasteiger partial charge in [-0.3, -0.25) is 23.9 Å². The predicted octanol–water partition coefficient (Wildman–Crippen LogP) is 2.88. The Morgan fingerprint density at radius 1 is 1.05 bits per heavy atom. The van der Waals surface area contributed by atoms with Crippen LogP contribution in [0.2, 0.25) is 0 Å². The minimum absolute atomic E-state index is 0.130. The molecule has 0 aliphatic carbocycles. The molecule has 0 aliphatic rings. The molecule has 208 valence electrons. The Balaban J connectivity index is 2.30. The molecule has 2 rings (SSSR count). The minimum atomic E-state index is -4.67. The molecule has 1 aromatic heterocycles.